The van der Waals surface area contributed by atoms with Gasteiger partial charge in [0.15, 0.2) is 11.6 Å². The smallest absolute Gasteiger partial charge is 0.306 e. The first-order valence-corrected chi connectivity index (χ1v) is 11.9. The van der Waals surface area contributed by atoms with Gasteiger partial charge >= 0.3 is 5.97 Å². The molecule has 0 saturated carbocycles. The van der Waals surface area contributed by atoms with Gasteiger partial charge in [0.05, 0.1) is 0 Å². The molecule has 2 aliphatic rings. The largest absolute Gasteiger partial charge is 0.486 e. The third kappa shape index (κ3) is 6.32. The first-order chi connectivity index (χ1) is 15.8. The van der Waals surface area contributed by atoms with Crippen molar-refractivity contribution < 1.29 is 23.0 Å². The van der Waals surface area contributed by atoms with Crippen LogP contribution in [0, 0.1) is 17.6 Å². The molecule has 4 nitrogen and oxygen atoms in total. The highest BCUT2D eigenvalue weighted by Crippen LogP contribution is 2.32. The summed E-state index contributed by atoms with van der Waals surface area (Å²) in [6, 6.07) is 11.3. The van der Waals surface area contributed by atoms with Crippen molar-refractivity contribution in [1.82, 2.24) is 5.32 Å². The van der Waals surface area contributed by atoms with E-state index in [0.29, 0.717) is 43.7 Å². The number of carbonyl (C=O) groups is 1. The second-order valence-electron chi connectivity index (χ2n) is 10.0. The van der Waals surface area contributed by atoms with Crippen LogP contribution in [-0.2, 0) is 28.8 Å². The predicted octanol–water partition coefficient (Wildman–Crippen LogP) is 5.16. The van der Waals surface area contributed by atoms with Crippen LogP contribution in [0.5, 0.6) is 5.75 Å². The highest BCUT2D eigenvalue weighted by atomic mass is 19.2. The Morgan fingerprint density at radius 2 is 1.76 bits per heavy atom. The lowest BCUT2D eigenvalue weighted by Crippen LogP contribution is -2.47. The van der Waals surface area contributed by atoms with Gasteiger partial charge in [-0.3, -0.25) is 4.79 Å². The highest BCUT2D eigenvalue weighted by molar-refractivity contribution is 5.69. The molecule has 33 heavy (non-hydrogen) atoms. The van der Waals surface area contributed by atoms with Crippen molar-refractivity contribution in [1.29, 1.82) is 0 Å². The summed E-state index contributed by atoms with van der Waals surface area (Å²) in [5.41, 5.74) is 3.35. The number of nitrogens with one attached hydrogen (secondary N) is 1. The Hall–Kier alpha value is -2.47. The number of aryl methyl sites for hydroxylation is 1. The molecular formula is C27H33F2NO3. The van der Waals surface area contributed by atoms with Crippen LogP contribution in [0.1, 0.15) is 56.2 Å². The maximum Gasteiger partial charge on any atom is 0.306 e. The van der Waals surface area contributed by atoms with E-state index in [1.807, 2.05) is 0 Å². The van der Waals surface area contributed by atoms with Gasteiger partial charge in [-0.25, -0.2) is 4.39 Å². The fraction of sp³-hybridized carbons (Fsp3) is 0.519. The fourth-order valence-corrected chi connectivity index (χ4v) is 5.01. The zero-order valence-corrected chi connectivity index (χ0v) is 19.5. The van der Waals surface area contributed by atoms with Gasteiger partial charge in [-0.1, -0.05) is 24.3 Å². The molecule has 1 heterocycles. The average Bonchev–Trinajstić information content (AvgIpc) is 3.16. The minimum Gasteiger partial charge on any atom is -0.486 e. The number of benzene rings is 2. The van der Waals surface area contributed by atoms with E-state index >= 15 is 0 Å². The molecule has 0 saturated heterocycles. The molecule has 0 radical (unpaired) electrons. The first kappa shape index (κ1) is 23.7. The van der Waals surface area contributed by atoms with E-state index in [9.17, 15) is 13.6 Å². The molecule has 1 unspecified atom stereocenters. The Morgan fingerprint density at radius 1 is 1.06 bits per heavy atom. The molecule has 1 N–H and O–H groups in total. The molecule has 1 atom stereocenters. The third-order valence-corrected chi connectivity index (χ3v) is 6.62. The third-order valence-electron chi connectivity index (χ3n) is 6.62. The van der Waals surface area contributed by atoms with Crippen LogP contribution in [0.3, 0.4) is 0 Å². The SMILES string of the molecule is CC(C)(CC1Cc2ccccc2C1)NCC1COc2cc(cc(F)c2F)CCCCC(=O)O1. The average molecular weight is 458 g/mol. The molecule has 0 amide bonds. The number of fused-ring (bicyclic) bond motifs is 3. The lowest BCUT2D eigenvalue weighted by molar-refractivity contribution is -0.150. The van der Waals surface area contributed by atoms with E-state index in [4.69, 9.17) is 9.47 Å². The number of cyclic esters (lactones) is 1. The van der Waals surface area contributed by atoms with Gasteiger partial charge < -0.3 is 14.8 Å². The Kier molecular flexibility index (Phi) is 7.32. The molecule has 1 aliphatic heterocycles. The summed E-state index contributed by atoms with van der Waals surface area (Å²) < 4.78 is 39.5. The lowest BCUT2D eigenvalue weighted by atomic mass is 9.88. The summed E-state index contributed by atoms with van der Waals surface area (Å²) in [6.45, 7) is 4.63. The zero-order chi connectivity index (χ0) is 23.4. The van der Waals surface area contributed by atoms with Crippen molar-refractivity contribution in [3.8, 4) is 5.75 Å². The quantitative estimate of drug-likeness (QED) is 0.631. The Labute approximate surface area is 194 Å². The summed E-state index contributed by atoms with van der Waals surface area (Å²) >= 11 is 0. The van der Waals surface area contributed by atoms with E-state index in [1.165, 1.54) is 17.2 Å². The molecule has 178 valence electrons. The van der Waals surface area contributed by atoms with E-state index < -0.39 is 17.7 Å². The standard InChI is InChI=1S/C27H33F2NO3/c1-27(2,15-19-11-20-8-4-5-9-21(20)12-19)30-16-22-17-32-24-14-18(13-23(28)26(24)29)7-3-6-10-25(31)33-22/h4-5,8-9,13-14,19,22,30H,3,6-7,10-12,15-17H2,1-2H3. The van der Waals surface area contributed by atoms with Crippen molar-refractivity contribution >= 4 is 5.97 Å². The van der Waals surface area contributed by atoms with E-state index in [0.717, 1.165) is 19.3 Å². The van der Waals surface area contributed by atoms with Crippen LogP contribution in [0.2, 0.25) is 0 Å². The van der Waals surface area contributed by atoms with Crippen LogP contribution in [0.15, 0.2) is 36.4 Å². The van der Waals surface area contributed by atoms with Crippen LogP contribution >= 0.6 is 0 Å². The predicted molar refractivity (Wildman–Crippen MR) is 123 cm³/mol. The number of carbonyl (C=O) groups excluding carboxylic acids is 1. The summed E-state index contributed by atoms with van der Waals surface area (Å²) in [7, 11) is 0. The van der Waals surface area contributed by atoms with Gasteiger partial charge in [0.2, 0.25) is 5.82 Å². The van der Waals surface area contributed by atoms with Crippen molar-refractivity contribution in [2.45, 2.75) is 70.4 Å². The van der Waals surface area contributed by atoms with E-state index in [-0.39, 0.29) is 23.9 Å². The topological polar surface area (TPSA) is 47.6 Å². The van der Waals surface area contributed by atoms with Gasteiger partial charge in [0, 0.05) is 18.5 Å². The molecule has 1 aliphatic carbocycles. The van der Waals surface area contributed by atoms with Crippen molar-refractivity contribution in [2.24, 2.45) is 5.92 Å². The molecule has 2 bridgehead atoms. The van der Waals surface area contributed by atoms with Gasteiger partial charge in [0.1, 0.15) is 12.7 Å². The van der Waals surface area contributed by atoms with Gasteiger partial charge in [-0.05, 0) is 87.1 Å². The lowest BCUT2D eigenvalue weighted by Gasteiger charge is -2.31. The first-order valence-electron chi connectivity index (χ1n) is 11.9. The fourth-order valence-electron chi connectivity index (χ4n) is 5.01. The molecule has 4 rings (SSSR count). The Balaban J connectivity index is 1.38. The second kappa shape index (κ2) is 10.2. The van der Waals surface area contributed by atoms with Crippen LogP contribution in [0.25, 0.3) is 0 Å². The number of ether oxygens (including phenoxy) is 2. The van der Waals surface area contributed by atoms with E-state index in [2.05, 4.69) is 43.4 Å². The monoisotopic (exact) mass is 457 g/mol. The number of rotatable bonds is 5. The van der Waals surface area contributed by atoms with Gasteiger partial charge in [-0.2, -0.15) is 4.39 Å². The number of hydrogen-bond acceptors (Lipinski definition) is 4. The number of esters is 1. The van der Waals surface area contributed by atoms with E-state index in [1.54, 1.807) is 6.07 Å². The summed E-state index contributed by atoms with van der Waals surface area (Å²) in [5, 5.41) is 3.52. The molecule has 2 aromatic carbocycles. The molecule has 0 fully saturated rings. The van der Waals surface area contributed by atoms with Crippen LogP contribution < -0.4 is 10.1 Å². The van der Waals surface area contributed by atoms with Gasteiger partial charge in [0.25, 0.3) is 0 Å². The zero-order valence-electron chi connectivity index (χ0n) is 19.5. The summed E-state index contributed by atoms with van der Waals surface area (Å²) in [4.78, 5) is 12.3. The minimum atomic E-state index is -1.00. The van der Waals surface area contributed by atoms with Gasteiger partial charge in [-0.15, -0.1) is 0 Å². The summed E-state index contributed by atoms with van der Waals surface area (Å²) in [6.07, 6.45) is 4.73. The molecule has 0 aromatic heterocycles. The molecule has 2 aromatic rings. The Bertz CT molecular complexity index is 966. The molecule has 0 spiro atoms. The molecular weight excluding hydrogens is 424 g/mol. The molecule has 6 heteroatoms. The maximum absolute atomic E-state index is 14.2. The van der Waals surface area contributed by atoms with Crippen LogP contribution in [-0.4, -0.2) is 30.8 Å². The second-order valence-corrected chi connectivity index (χ2v) is 10.0. The normalized spacial score (nSPS) is 19.8. The maximum atomic E-state index is 14.2. The minimum absolute atomic E-state index is 0.0382. The van der Waals surface area contributed by atoms with Crippen LogP contribution in [0.4, 0.5) is 8.78 Å². The number of hydrogen-bond donors (Lipinski definition) is 1. The number of halogens is 2. The summed E-state index contributed by atoms with van der Waals surface area (Å²) in [5.74, 6) is -1.78. The Morgan fingerprint density at radius 3 is 2.48 bits per heavy atom. The van der Waals surface area contributed by atoms with Crippen molar-refractivity contribution in [2.75, 3.05) is 13.2 Å². The van der Waals surface area contributed by atoms with Crippen molar-refractivity contribution in [3.05, 3.63) is 64.7 Å². The van der Waals surface area contributed by atoms with Crippen molar-refractivity contribution in [3.63, 3.8) is 0 Å². The highest BCUT2D eigenvalue weighted by Gasteiger charge is 2.29.